The van der Waals surface area contributed by atoms with Gasteiger partial charge in [0.2, 0.25) is 0 Å². The van der Waals surface area contributed by atoms with Crippen molar-refractivity contribution in [2.45, 2.75) is 32.5 Å². The average Bonchev–Trinajstić information content (AvgIpc) is 3.22. The van der Waals surface area contributed by atoms with Crippen LogP contribution in [0.2, 0.25) is 15.1 Å². The van der Waals surface area contributed by atoms with E-state index in [1.54, 1.807) is 30.5 Å². The van der Waals surface area contributed by atoms with Crippen LogP contribution in [0.4, 0.5) is 8.78 Å². The Morgan fingerprint density at radius 3 is 2.21 bits per heavy atom. The van der Waals surface area contributed by atoms with Crippen molar-refractivity contribution in [2.24, 2.45) is 0 Å². The SMILES string of the molecule is CC(C)(c1ccc(Cl)c(Cl)c1)c1cnc(COCc2ccc(F)cc2Cl)n1-c1ccc(F)cc1. The second-order valence-corrected chi connectivity index (χ2v) is 9.58. The molecule has 0 aliphatic heterocycles. The molecule has 1 aromatic heterocycles. The number of imidazole rings is 1. The maximum absolute atomic E-state index is 13.7. The number of nitrogens with zero attached hydrogens (tertiary/aromatic N) is 2. The predicted octanol–water partition coefficient (Wildman–Crippen LogP) is 8.15. The molecule has 0 saturated heterocycles. The fraction of sp³-hybridized carbons (Fsp3) is 0.192. The molecule has 34 heavy (non-hydrogen) atoms. The maximum atomic E-state index is 13.7. The van der Waals surface area contributed by atoms with Gasteiger partial charge in [-0.2, -0.15) is 0 Å². The molecular formula is C26H21Cl3F2N2O. The van der Waals surface area contributed by atoms with Crippen LogP contribution in [0.15, 0.2) is 66.9 Å². The van der Waals surface area contributed by atoms with Crippen LogP contribution < -0.4 is 0 Å². The first kappa shape index (κ1) is 24.7. The lowest BCUT2D eigenvalue weighted by molar-refractivity contribution is 0.101. The summed E-state index contributed by atoms with van der Waals surface area (Å²) in [4.78, 5) is 4.61. The highest BCUT2D eigenvalue weighted by Crippen LogP contribution is 2.36. The molecule has 3 aromatic carbocycles. The summed E-state index contributed by atoms with van der Waals surface area (Å²) in [6.07, 6.45) is 1.77. The number of hydrogen-bond donors (Lipinski definition) is 0. The molecule has 0 spiro atoms. The second kappa shape index (κ2) is 10.0. The number of hydrogen-bond acceptors (Lipinski definition) is 2. The van der Waals surface area contributed by atoms with Gasteiger partial charge in [-0.1, -0.05) is 60.8 Å². The van der Waals surface area contributed by atoms with Gasteiger partial charge in [-0.05, 0) is 59.7 Å². The van der Waals surface area contributed by atoms with Gasteiger partial charge in [0.1, 0.15) is 24.1 Å². The molecule has 0 bridgehead atoms. The van der Waals surface area contributed by atoms with Crippen LogP contribution in [0.5, 0.6) is 0 Å². The topological polar surface area (TPSA) is 27.1 Å². The fourth-order valence-corrected chi connectivity index (χ4v) is 4.25. The second-order valence-electron chi connectivity index (χ2n) is 8.35. The van der Waals surface area contributed by atoms with E-state index >= 15 is 0 Å². The summed E-state index contributed by atoms with van der Waals surface area (Å²) in [6.45, 7) is 4.43. The van der Waals surface area contributed by atoms with E-state index < -0.39 is 11.2 Å². The Balaban J connectivity index is 1.70. The van der Waals surface area contributed by atoms with Gasteiger partial charge in [0.15, 0.2) is 0 Å². The molecular weight excluding hydrogens is 501 g/mol. The van der Waals surface area contributed by atoms with E-state index in [1.807, 2.05) is 30.5 Å². The van der Waals surface area contributed by atoms with Crippen molar-refractivity contribution in [1.29, 1.82) is 0 Å². The van der Waals surface area contributed by atoms with Crippen molar-refractivity contribution in [2.75, 3.05) is 0 Å². The summed E-state index contributed by atoms with van der Waals surface area (Å²) in [5, 5.41) is 1.23. The molecule has 0 amide bonds. The lowest BCUT2D eigenvalue weighted by atomic mass is 9.81. The first-order valence-corrected chi connectivity index (χ1v) is 11.6. The third-order valence-corrected chi connectivity index (χ3v) is 6.80. The molecule has 4 aromatic rings. The lowest BCUT2D eigenvalue weighted by Gasteiger charge is -2.28. The molecule has 0 atom stereocenters. The van der Waals surface area contributed by atoms with Crippen LogP contribution in [0.1, 0.15) is 36.5 Å². The Labute approximate surface area is 211 Å². The molecule has 0 saturated carbocycles. The molecule has 0 aliphatic rings. The lowest BCUT2D eigenvalue weighted by Crippen LogP contribution is -2.23. The zero-order valence-electron chi connectivity index (χ0n) is 18.5. The molecule has 3 nitrogen and oxygen atoms in total. The standard InChI is InChI=1S/C26H21Cl3F2N2O/c1-26(2,17-4-10-21(27)23(29)11-17)24-13-32-25(33(24)20-8-6-18(30)7-9-20)15-34-14-16-3-5-19(31)12-22(16)28/h3-13H,14-15H2,1-2H3. The number of benzene rings is 3. The first-order chi connectivity index (χ1) is 16.2. The van der Waals surface area contributed by atoms with E-state index in [0.717, 1.165) is 16.9 Å². The Morgan fingerprint density at radius 2 is 1.53 bits per heavy atom. The molecule has 0 fully saturated rings. The largest absolute Gasteiger partial charge is 0.369 e. The van der Waals surface area contributed by atoms with Crippen molar-refractivity contribution in [1.82, 2.24) is 9.55 Å². The van der Waals surface area contributed by atoms with E-state index in [4.69, 9.17) is 39.5 Å². The van der Waals surface area contributed by atoms with E-state index in [9.17, 15) is 8.78 Å². The van der Waals surface area contributed by atoms with Crippen LogP contribution in [-0.2, 0) is 23.4 Å². The molecule has 0 aliphatic carbocycles. The number of rotatable bonds is 7. The third kappa shape index (κ3) is 5.13. The Kier molecular flexibility index (Phi) is 7.29. The van der Waals surface area contributed by atoms with E-state index in [2.05, 4.69) is 4.98 Å². The summed E-state index contributed by atoms with van der Waals surface area (Å²) in [5.74, 6) is -0.124. The molecule has 1 heterocycles. The summed E-state index contributed by atoms with van der Waals surface area (Å²) in [6, 6.07) is 15.8. The summed E-state index contributed by atoms with van der Waals surface area (Å²) in [7, 11) is 0. The minimum absolute atomic E-state index is 0.155. The zero-order valence-corrected chi connectivity index (χ0v) is 20.7. The number of aromatic nitrogens is 2. The summed E-state index contributed by atoms with van der Waals surface area (Å²) in [5.41, 5.74) is 2.68. The molecule has 4 rings (SSSR count). The van der Waals surface area contributed by atoms with Crippen LogP contribution in [-0.4, -0.2) is 9.55 Å². The van der Waals surface area contributed by atoms with Crippen molar-refractivity contribution in [3.8, 4) is 5.69 Å². The van der Waals surface area contributed by atoms with Gasteiger partial charge in [-0.25, -0.2) is 13.8 Å². The molecule has 176 valence electrons. The maximum Gasteiger partial charge on any atom is 0.139 e. The third-order valence-electron chi connectivity index (χ3n) is 5.71. The van der Waals surface area contributed by atoms with Crippen molar-refractivity contribution >= 4 is 34.8 Å². The van der Waals surface area contributed by atoms with Crippen molar-refractivity contribution < 1.29 is 13.5 Å². The Bertz CT molecular complexity index is 1320. The van der Waals surface area contributed by atoms with Gasteiger partial charge < -0.3 is 4.74 Å². The van der Waals surface area contributed by atoms with E-state index in [1.165, 1.54) is 24.3 Å². The first-order valence-electron chi connectivity index (χ1n) is 10.5. The molecule has 0 N–H and O–H groups in total. The van der Waals surface area contributed by atoms with E-state index in [-0.39, 0.29) is 19.0 Å². The van der Waals surface area contributed by atoms with Crippen LogP contribution in [0.25, 0.3) is 5.69 Å². The van der Waals surface area contributed by atoms with Gasteiger partial charge in [0.05, 0.1) is 22.3 Å². The van der Waals surface area contributed by atoms with Gasteiger partial charge in [0, 0.05) is 22.3 Å². The zero-order chi connectivity index (χ0) is 24.5. The molecule has 0 unspecified atom stereocenters. The predicted molar refractivity (Wildman–Crippen MR) is 132 cm³/mol. The number of halogens is 5. The van der Waals surface area contributed by atoms with E-state index in [0.29, 0.717) is 26.5 Å². The fourth-order valence-electron chi connectivity index (χ4n) is 3.73. The quantitative estimate of drug-likeness (QED) is 0.245. The van der Waals surface area contributed by atoms with Crippen molar-refractivity contribution in [3.05, 3.63) is 116 Å². The highest BCUT2D eigenvalue weighted by Gasteiger charge is 2.30. The Hall–Kier alpha value is -2.44. The number of ether oxygens (including phenoxy) is 1. The van der Waals surface area contributed by atoms with Gasteiger partial charge in [0.25, 0.3) is 0 Å². The monoisotopic (exact) mass is 520 g/mol. The Morgan fingerprint density at radius 1 is 0.824 bits per heavy atom. The average molecular weight is 522 g/mol. The minimum atomic E-state index is -0.520. The van der Waals surface area contributed by atoms with Gasteiger partial charge in [-0.3, -0.25) is 4.57 Å². The van der Waals surface area contributed by atoms with Crippen LogP contribution >= 0.6 is 34.8 Å². The normalized spacial score (nSPS) is 11.7. The summed E-state index contributed by atoms with van der Waals surface area (Å²) >= 11 is 18.5. The minimum Gasteiger partial charge on any atom is -0.369 e. The highest BCUT2D eigenvalue weighted by atomic mass is 35.5. The van der Waals surface area contributed by atoms with Crippen LogP contribution in [0, 0.1) is 11.6 Å². The van der Waals surface area contributed by atoms with Crippen molar-refractivity contribution in [3.63, 3.8) is 0 Å². The smallest absolute Gasteiger partial charge is 0.139 e. The molecule has 8 heteroatoms. The highest BCUT2D eigenvalue weighted by molar-refractivity contribution is 6.42. The molecule has 0 radical (unpaired) electrons. The summed E-state index contributed by atoms with van der Waals surface area (Å²) < 4.78 is 34.8. The van der Waals surface area contributed by atoms with Gasteiger partial charge in [-0.15, -0.1) is 0 Å². The van der Waals surface area contributed by atoms with Crippen LogP contribution in [0.3, 0.4) is 0 Å². The van der Waals surface area contributed by atoms with Gasteiger partial charge >= 0.3 is 0 Å².